The van der Waals surface area contributed by atoms with Gasteiger partial charge in [0.2, 0.25) is 0 Å². The van der Waals surface area contributed by atoms with Gasteiger partial charge in [0, 0.05) is 6.08 Å². The Labute approximate surface area is 134 Å². The molecule has 1 aromatic carbocycles. The quantitative estimate of drug-likeness (QED) is 0.734. The predicted molar refractivity (Wildman–Crippen MR) is 91.1 cm³/mol. The molecule has 0 heterocycles. The van der Waals surface area contributed by atoms with Crippen LogP contribution >= 0.6 is 0 Å². The van der Waals surface area contributed by atoms with Crippen LogP contribution in [-0.2, 0) is 11.2 Å². The number of rotatable bonds is 6. The first-order valence-corrected chi connectivity index (χ1v) is 8.60. The highest BCUT2D eigenvalue weighted by Gasteiger charge is 2.25. The molecule has 1 N–H and O–H groups in total. The lowest BCUT2D eigenvalue weighted by Crippen LogP contribution is -2.18. The lowest BCUT2D eigenvalue weighted by atomic mass is 9.74. The smallest absolute Gasteiger partial charge is 0.327 e. The standard InChI is InChI=1S/C20H28O2/c1-3-4-16-6-8-18(9-7-16)19-12-10-17(11-13-19)15(2)5-14-20(21)22/h5-9,14-15,17,19H,3-4,10-13H2,1-2H3,(H,21,22)/b14-5+/t15?,17-,19-. The van der Waals surface area contributed by atoms with Gasteiger partial charge in [0.05, 0.1) is 0 Å². The highest BCUT2D eigenvalue weighted by atomic mass is 16.4. The highest BCUT2D eigenvalue weighted by Crippen LogP contribution is 2.39. The third kappa shape index (κ3) is 4.72. The van der Waals surface area contributed by atoms with Crippen molar-refractivity contribution in [2.45, 2.75) is 58.3 Å². The second-order valence-electron chi connectivity index (χ2n) is 6.66. The number of benzene rings is 1. The van der Waals surface area contributed by atoms with Gasteiger partial charge in [-0.3, -0.25) is 0 Å². The summed E-state index contributed by atoms with van der Waals surface area (Å²) in [7, 11) is 0. The average Bonchev–Trinajstić information content (AvgIpc) is 2.54. The molecule has 0 aliphatic heterocycles. The van der Waals surface area contributed by atoms with Gasteiger partial charge in [-0.15, -0.1) is 0 Å². The fourth-order valence-electron chi connectivity index (χ4n) is 3.61. The third-order valence-electron chi connectivity index (χ3n) is 5.05. The molecule has 2 rings (SSSR count). The Morgan fingerprint density at radius 3 is 2.41 bits per heavy atom. The maximum absolute atomic E-state index is 10.6. The van der Waals surface area contributed by atoms with Crippen molar-refractivity contribution in [2.24, 2.45) is 11.8 Å². The maximum atomic E-state index is 10.6. The van der Waals surface area contributed by atoms with Crippen LogP contribution < -0.4 is 0 Å². The minimum Gasteiger partial charge on any atom is -0.478 e. The summed E-state index contributed by atoms with van der Waals surface area (Å²) in [5.41, 5.74) is 2.92. The van der Waals surface area contributed by atoms with Crippen LogP contribution in [0.2, 0.25) is 0 Å². The number of hydrogen-bond donors (Lipinski definition) is 1. The maximum Gasteiger partial charge on any atom is 0.327 e. The minimum atomic E-state index is -0.840. The summed E-state index contributed by atoms with van der Waals surface area (Å²) in [6.07, 6.45) is 10.4. The summed E-state index contributed by atoms with van der Waals surface area (Å²) >= 11 is 0. The van der Waals surface area contributed by atoms with E-state index in [9.17, 15) is 4.79 Å². The van der Waals surface area contributed by atoms with Gasteiger partial charge >= 0.3 is 5.97 Å². The molecule has 0 bridgehead atoms. The van der Waals surface area contributed by atoms with Gasteiger partial charge < -0.3 is 5.11 Å². The van der Waals surface area contributed by atoms with Gasteiger partial charge in [0.25, 0.3) is 0 Å². The summed E-state index contributed by atoms with van der Waals surface area (Å²) in [5, 5.41) is 8.73. The number of carboxylic acids is 1. The zero-order valence-corrected chi connectivity index (χ0v) is 13.8. The van der Waals surface area contributed by atoms with Gasteiger partial charge in [-0.1, -0.05) is 50.6 Å². The van der Waals surface area contributed by atoms with Crippen molar-refractivity contribution in [3.8, 4) is 0 Å². The normalized spacial score (nSPS) is 23.5. The molecular weight excluding hydrogens is 272 g/mol. The summed E-state index contributed by atoms with van der Waals surface area (Å²) in [4.78, 5) is 10.6. The Kier molecular flexibility index (Phi) is 6.23. The second-order valence-corrected chi connectivity index (χ2v) is 6.66. The second kappa shape index (κ2) is 8.17. The van der Waals surface area contributed by atoms with Crippen molar-refractivity contribution in [3.05, 3.63) is 47.5 Å². The highest BCUT2D eigenvalue weighted by molar-refractivity contribution is 5.79. The van der Waals surface area contributed by atoms with E-state index in [0.717, 1.165) is 0 Å². The Hall–Kier alpha value is -1.57. The number of aryl methyl sites for hydroxylation is 1. The molecule has 2 nitrogen and oxygen atoms in total. The lowest BCUT2D eigenvalue weighted by Gasteiger charge is -2.31. The summed E-state index contributed by atoms with van der Waals surface area (Å²) in [6.45, 7) is 4.36. The number of carboxylic acid groups (broad SMARTS) is 1. The molecule has 0 radical (unpaired) electrons. The van der Waals surface area contributed by atoms with Crippen molar-refractivity contribution in [1.82, 2.24) is 0 Å². The molecule has 1 unspecified atom stereocenters. The van der Waals surface area contributed by atoms with Crippen molar-refractivity contribution >= 4 is 5.97 Å². The van der Waals surface area contributed by atoms with Crippen LogP contribution in [0.4, 0.5) is 0 Å². The van der Waals surface area contributed by atoms with Crippen molar-refractivity contribution in [1.29, 1.82) is 0 Å². The number of aliphatic carboxylic acids is 1. The third-order valence-corrected chi connectivity index (χ3v) is 5.05. The number of allylic oxidation sites excluding steroid dienone is 1. The van der Waals surface area contributed by atoms with Crippen molar-refractivity contribution in [2.75, 3.05) is 0 Å². The fourth-order valence-corrected chi connectivity index (χ4v) is 3.61. The molecule has 1 atom stereocenters. The topological polar surface area (TPSA) is 37.3 Å². The zero-order valence-electron chi connectivity index (χ0n) is 13.8. The van der Waals surface area contributed by atoms with Gasteiger partial charge in [-0.25, -0.2) is 4.79 Å². The molecule has 1 aliphatic rings. The SMILES string of the molecule is CCCc1ccc([C@H]2CC[C@H](C(C)/C=C/C(=O)O)CC2)cc1. The Bertz CT molecular complexity index is 493. The van der Waals surface area contributed by atoms with Crippen LogP contribution in [0, 0.1) is 11.8 Å². The molecule has 1 aromatic rings. The van der Waals surface area contributed by atoms with E-state index in [1.807, 2.05) is 6.08 Å². The molecule has 1 saturated carbocycles. The van der Waals surface area contributed by atoms with Gasteiger partial charge in [0.15, 0.2) is 0 Å². The summed E-state index contributed by atoms with van der Waals surface area (Å²) < 4.78 is 0. The van der Waals surface area contributed by atoms with E-state index in [-0.39, 0.29) is 0 Å². The number of hydrogen-bond acceptors (Lipinski definition) is 1. The van der Waals surface area contributed by atoms with Crippen LogP contribution in [-0.4, -0.2) is 11.1 Å². The monoisotopic (exact) mass is 300 g/mol. The Morgan fingerprint density at radius 2 is 1.86 bits per heavy atom. The molecule has 0 amide bonds. The van der Waals surface area contributed by atoms with E-state index in [1.54, 1.807) is 0 Å². The minimum absolute atomic E-state index is 0.365. The molecule has 0 saturated heterocycles. The van der Waals surface area contributed by atoms with Crippen molar-refractivity contribution < 1.29 is 9.90 Å². The molecule has 1 fully saturated rings. The zero-order chi connectivity index (χ0) is 15.9. The van der Waals surface area contributed by atoms with E-state index in [1.165, 1.54) is 55.7 Å². The fraction of sp³-hybridized carbons (Fsp3) is 0.550. The molecule has 0 aromatic heterocycles. The molecular formula is C20H28O2. The van der Waals surface area contributed by atoms with Crippen LogP contribution in [0.3, 0.4) is 0 Å². The predicted octanol–water partition coefficient (Wildman–Crippen LogP) is 5.19. The van der Waals surface area contributed by atoms with Crippen molar-refractivity contribution in [3.63, 3.8) is 0 Å². The summed E-state index contributed by atoms with van der Waals surface area (Å²) in [5.74, 6) is 0.838. The van der Waals surface area contributed by atoms with Gasteiger partial charge in [0.1, 0.15) is 0 Å². The van der Waals surface area contributed by atoms with E-state index in [0.29, 0.717) is 17.8 Å². The molecule has 2 heteroatoms. The van der Waals surface area contributed by atoms with Crippen LogP contribution in [0.1, 0.15) is 63.0 Å². The first kappa shape index (κ1) is 16.8. The largest absolute Gasteiger partial charge is 0.478 e. The van der Waals surface area contributed by atoms with E-state index >= 15 is 0 Å². The van der Waals surface area contributed by atoms with E-state index in [2.05, 4.69) is 38.1 Å². The van der Waals surface area contributed by atoms with E-state index < -0.39 is 5.97 Å². The number of carbonyl (C=O) groups is 1. The van der Waals surface area contributed by atoms with Crippen LogP contribution in [0.25, 0.3) is 0 Å². The van der Waals surface area contributed by atoms with Crippen LogP contribution in [0.15, 0.2) is 36.4 Å². The first-order valence-electron chi connectivity index (χ1n) is 8.60. The summed E-state index contributed by atoms with van der Waals surface area (Å²) in [6, 6.07) is 9.18. The van der Waals surface area contributed by atoms with Gasteiger partial charge in [-0.2, -0.15) is 0 Å². The molecule has 22 heavy (non-hydrogen) atoms. The van der Waals surface area contributed by atoms with E-state index in [4.69, 9.17) is 5.11 Å². The Balaban J connectivity index is 1.87. The average molecular weight is 300 g/mol. The molecule has 120 valence electrons. The lowest BCUT2D eigenvalue weighted by molar-refractivity contribution is -0.131. The molecule has 1 aliphatic carbocycles. The first-order chi connectivity index (χ1) is 10.6. The Morgan fingerprint density at radius 1 is 1.23 bits per heavy atom. The van der Waals surface area contributed by atoms with Gasteiger partial charge in [-0.05, 0) is 61.0 Å². The molecule has 0 spiro atoms. The van der Waals surface area contributed by atoms with Crippen LogP contribution in [0.5, 0.6) is 0 Å².